The first-order valence-electron chi connectivity index (χ1n) is 9.15. The summed E-state index contributed by atoms with van der Waals surface area (Å²) in [7, 11) is 0. The Kier molecular flexibility index (Phi) is 3.94. The second kappa shape index (κ2) is 6.49. The van der Waals surface area contributed by atoms with E-state index in [-0.39, 0.29) is 11.5 Å². The Morgan fingerprint density at radius 3 is 2.82 bits per heavy atom. The number of phenolic OH excluding ortho intramolecular Hbond substituents is 1. The zero-order chi connectivity index (χ0) is 19.3. The van der Waals surface area contributed by atoms with Crippen molar-refractivity contribution in [2.75, 3.05) is 5.32 Å². The number of benzene rings is 2. The number of hydrogen-bond donors (Lipinski definition) is 2. The van der Waals surface area contributed by atoms with E-state index in [0.29, 0.717) is 34.4 Å². The number of aromatic nitrogens is 3. The standard InChI is InChI=1S/C21H17ClN4O2/c22-15-8-2-1-7-14(15)19-18-16(9-4-10-17(18)28)23-21-24-20(25-26(19)21)12-5-3-6-13(27)11-12/h1-3,5-8,11,19,27H,4,9-10H2,(H,23,24,25)/t19-/m0/s1. The van der Waals surface area contributed by atoms with Crippen molar-refractivity contribution in [1.29, 1.82) is 0 Å². The van der Waals surface area contributed by atoms with Crippen molar-refractivity contribution in [3.05, 3.63) is 70.4 Å². The number of halogens is 1. The highest BCUT2D eigenvalue weighted by atomic mass is 35.5. The molecule has 0 spiro atoms. The van der Waals surface area contributed by atoms with Gasteiger partial charge in [0.05, 0.1) is 0 Å². The lowest BCUT2D eigenvalue weighted by molar-refractivity contribution is -0.116. The zero-order valence-electron chi connectivity index (χ0n) is 14.9. The molecule has 1 aliphatic heterocycles. The quantitative estimate of drug-likeness (QED) is 0.678. The average molecular weight is 393 g/mol. The van der Waals surface area contributed by atoms with Gasteiger partial charge >= 0.3 is 0 Å². The Balaban J connectivity index is 1.71. The number of hydrogen-bond acceptors (Lipinski definition) is 5. The van der Waals surface area contributed by atoms with E-state index in [1.165, 1.54) is 0 Å². The van der Waals surface area contributed by atoms with Gasteiger partial charge in [0, 0.05) is 33.8 Å². The Morgan fingerprint density at radius 2 is 2.00 bits per heavy atom. The van der Waals surface area contributed by atoms with Gasteiger partial charge < -0.3 is 10.4 Å². The molecule has 0 fully saturated rings. The summed E-state index contributed by atoms with van der Waals surface area (Å²) in [6.07, 6.45) is 2.12. The van der Waals surface area contributed by atoms with Crippen LogP contribution in [-0.2, 0) is 4.79 Å². The number of aromatic hydroxyl groups is 1. The molecule has 0 amide bonds. The molecule has 6 nitrogen and oxygen atoms in total. The number of rotatable bonds is 2. The van der Waals surface area contributed by atoms with Crippen LogP contribution in [0.5, 0.6) is 5.75 Å². The monoisotopic (exact) mass is 392 g/mol. The van der Waals surface area contributed by atoms with Crippen molar-refractivity contribution in [1.82, 2.24) is 14.8 Å². The van der Waals surface area contributed by atoms with Crippen LogP contribution in [0.25, 0.3) is 11.4 Å². The van der Waals surface area contributed by atoms with Crippen LogP contribution in [0, 0.1) is 0 Å². The SMILES string of the molecule is O=C1CCCC2=C1[C@H](c1ccccc1Cl)n1nc(-c3cccc(O)c3)nc1N2. The van der Waals surface area contributed by atoms with Gasteiger partial charge in [0.15, 0.2) is 11.6 Å². The minimum atomic E-state index is -0.425. The van der Waals surface area contributed by atoms with Crippen LogP contribution >= 0.6 is 11.6 Å². The minimum absolute atomic E-state index is 0.110. The van der Waals surface area contributed by atoms with Crippen molar-refractivity contribution in [2.45, 2.75) is 25.3 Å². The predicted molar refractivity (Wildman–Crippen MR) is 106 cm³/mol. The largest absolute Gasteiger partial charge is 0.508 e. The van der Waals surface area contributed by atoms with E-state index in [0.717, 1.165) is 24.1 Å². The van der Waals surface area contributed by atoms with E-state index in [1.807, 2.05) is 30.3 Å². The van der Waals surface area contributed by atoms with Crippen molar-refractivity contribution < 1.29 is 9.90 Å². The Bertz CT molecular complexity index is 1130. The number of nitrogens with zero attached hydrogens (tertiary/aromatic N) is 3. The summed E-state index contributed by atoms with van der Waals surface area (Å²) in [5.41, 5.74) is 3.12. The fourth-order valence-electron chi connectivity index (χ4n) is 3.91. The molecule has 0 bridgehead atoms. The summed E-state index contributed by atoms with van der Waals surface area (Å²) >= 11 is 6.50. The van der Waals surface area contributed by atoms with Crippen molar-refractivity contribution >= 4 is 23.3 Å². The number of carbonyl (C=O) groups is 1. The summed E-state index contributed by atoms with van der Waals surface area (Å²) in [5.74, 6) is 1.30. The summed E-state index contributed by atoms with van der Waals surface area (Å²) in [6.45, 7) is 0. The summed E-state index contributed by atoms with van der Waals surface area (Å²) in [5, 5.41) is 18.4. The normalized spacial score (nSPS) is 18.5. The smallest absolute Gasteiger partial charge is 0.226 e. The van der Waals surface area contributed by atoms with Crippen LogP contribution in [0.15, 0.2) is 59.8 Å². The molecule has 1 atom stereocenters. The average Bonchev–Trinajstić information content (AvgIpc) is 3.11. The van der Waals surface area contributed by atoms with Crippen LogP contribution in [0.4, 0.5) is 5.95 Å². The first-order chi connectivity index (χ1) is 13.6. The molecule has 5 rings (SSSR count). The molecule has 2 N–H and O–H groups in total. The molecule has 2 aliphatic rings. The van der Waals surface area contributed by atoms with E-state index in [9.17, 15) is 9.90 Å². The lowest BCUT2D eigenvalue weighted by Crippen LogP contribution is -2.31. The van der Waals surface area contributed by atoms with Crippen LogP contribution in [-0.4, -0.2) is 25.7 Å². The van der Waals surface area contributed by atoms with Crippen LogP contribution in [0.1, 0.15) is 30.9 Å². The van der Waals surface area contributed by atoms with Gasteiger partial charge in [0.2, 0.25) is 5.95 Å². The summed E-state index contributed by atoms with van der Waals surface area (Å²) in [4.78, 5) is 17.4. The minimum Gasteiger partial charge on any atom is -0.508 e. The molecule has 0 saturated carbocycles. The number of anilines is 1. The second-order valence-electron chi connectivity index (χ2n) is 6.97. The molecule has 7 heteroatoms. The number of nitrogens with one attached hydrogen (secondary N) is 1. The van der Waals surface area contributed by atoms with Gasteiger partial charge in [-0.05, 0) is 31.0 Å². The third-order valence-electron chi connectivity index (χ3n) is 5.17. The molecule has 28 heavy (non-hydrogen) atoms. The predicted octanol–water partition coefficient (Wildman–Crippen LogP) is 4.33. The molecule has 1 aliphatic carbocycles. The molecule has 3 aromatic rings. The fourth-order valence-corrected chi connectivity index (χ4v) is 4.15. The second-order valence-corrected chi connectivity index (χ2v) is 7.38. The Labute approximate surface area is 166 Å². The van der Waals surface area contributed by atoms with Crippen LogP contribution in [0.3, 0.4) is 0 Å². The van der Waals surface area contributed by atoms with E-state index < -0.39 is 6.04 Å². The van der Waals surface area contributed by atoms with Gasteiger partial charge in [0.1, 0.15) is 11.8 Å². The maximum Gasteiger partial charge on any atom is 0.226 e. The Morgan fingerprint density at radius 1 is 1.14 bits per heavy atom. The highest BCUT2D eigenvalue weighted by molar-refractivity contribution is 6.31. The fraction of sp³-hybridized carbons (Fsp3) is 0.190. The summed E-state index contributed by atoms with van der Waals surface area (Å²) < 4.78 is 1.72. The highest BCUT2D eigenvalue weighted by Crippen LogP contribution is 2.42. The summed E-state index contributed by atoms with van der Waals surface area (Å²) in [6, 6.07) is 13.9. The highest BCUT2D eigenvalue weighted by Gasteiger charge is 2.37. The zero-order valence-corrected chi connectivity index (χ0v) is 15.6. The van der Waals surface area contributed by atoms with Crippen LogP contribution < -0.4 is 5.32 Å². The molecule has 0 unspecified atom stereocenters. The number of Topliss-reactive ketones (excluding diaryl/α,β-unsaturated/α-hetero) is 1. The number of ketones is 1. The molecular weight excluding hydrogens is 376 g/mol. The van der Waals surface area contributed by atoms with Crippen molar-refractivity contribution in [3.63, 3.8) is 0 Å². The third kappa shape index (κ3) is 2.68. The molecular formula is C21H17ClN4O2. The lowest BCUT2D eigenvalue weighted by atomic mass is 9.85. The van der Waals surface area contributed by atoms with Crippen molar-refractivity contribution in [2.24, 2.45) is 0 Å². The number of phenols is 1. The number of fused-ring (bicyclic) bond motifs is 1. The lowest BCUT2D eigenvalue weighted by Gasteiger charge is -2.32. The molecule has 2 heterocycles. The molecule has 0 saturated heterocycles. The van der Waals surface area contributed by atoms with Gasteiger partial charge in [-0.25, -0.2) is 4.68 Å². The van der Waals surface area contributed by atoms with Gasteiger partial charge in [-0.2, -0.15) is 4.98 Å². The topological polar surface area (TPSA) is 80.0 Å². The van der Waals surface area contributed by atoms with Gasteiger partial charge in [-0.3, -0.25) is 4.79 Å². The van der Waals surface area contributed by atoms with E-state index in [4.69, 9.17) is 11.6 Å². The van der Waals surface area contributed by atoms with E-state index in [1.54, 1.807) is 22.9 Å². The number of allylic oxidation sites excluding steroid dienone is 2. The molecule has 0 radical (unpaired) electrons. The Hall–Kier alpha value is -3.12. The molecule has 140 valence electrons. The van der Waals surface area contributed by atoms with Crippen LogP contribution in [0.2, 0.25) is 5.02 Å². The first kappa shape index (κ1) is 17.0. The van der Waals surface area contributed by atoms with E-state index >= 15 is 0 Å². The van der Waals surface area contributed by atoms with Gasteiger partial charge in [-0.1, -0.05) is 41.9 Å². The van der Waals surface area contributed by atoms with Gasteiger partial charge in [-0.15, -0.1) is 5.10 Å². The van der Waals surface area contributed by atoms with Gasteiger partial charge in [0.25, 0.3) is 0 Å². The first-order valence-corrected chi connectivity index (χ1v) is 9.53. The molecule has 2 aromatic carbocycles. The maximum absolute atomic E-state index is 12.8. The maximum atomic E-state index is 12.8. The number of carbonyl (C=O) groups excluding carboxylic acids is 1. The third-order valence-corrected chi connectivity index (χ3v) is 5.52. The van der Waals surface area contributed by atoms with E-state index in [2.05, 4.69) is 15.4 Å². The molecule has 1 aromatic heterocycles. The van der Waals surface area contributed by atoms with Crippen molar-refractivity contribution in [3.8, 4) is 17.1 Å².